The Balaban J connectivity index is 1.17. The minimum absolute atomic E-state index is 0.0538. The molecule has 0 aliphatic carbocycles. The van der Waals surface area contributed by atoms with Gasteiger partial charge >= 0.3 is 0 Å². The SMILES string of the molecule is Cc1ccccc1-c1nn(C)c2c(C(=O)N3CCC(c4nc5ccccc5n4C(C)c4ccccn4)CC3)cccc12. The molecule has 1 atom stereocenters. The Morgan fingerprint density at radius 3 is 2.45 bits per heavy atom. The van der Waals surface area contributed by atoms with Gasteiger partial charge in [-0.2, -0.15) is 5.10 Å². The predicted octanol–water partition coefficient (Wildman–Crippen LogP) is 6.92. The summed E-state index contributed by atoms with van der Waals surface area (Å²) in [7, 11) is 1.93. The Labute approximate surface area is 245 Å². The zero-order chi connectivity index (χ0) is 28.8. The number of piperidine rings is 1. The van der Waals surface area contributed by atoms with E-state index >= 15 is 0 Å². The molecule has 7 rings (SSSR count). The zero-order valence-corrected chi connectivity index (χ0v) is 24.2. The summed E-state index contributed by atoms with van der Waals surface area (Å²) in [5, 5.41) is 5.87. The van der Waals surface area contributed by atoms with Crippen LogP contribution in [0.15, 0.2) is 91.1 Å². The third-order valence-electron chi connectivity index (χ3n) is 8.77. The third-order valence-corrected chi connectivity index (χ3v) is 8.77. The number of amides is 1. The van der Waals surface area contributed by atoms with Crippen LogP contribution < -0.4 is 0 Å². The monoisotopic (exact) mass is 554 g/mol. The fourth-order valence-corrected chi connectivity index (χ4v) is 6.57. The molecule has 4 heterocycles. The Hall–Kier alpha value is -4.78. The van der Waals surface area contributed by atoms with Crippen LogP contribution in [-0.4, -0.2) is 48.2 Å². The summed E-state index contributed by atoms with van der Waals surface area (Å²) in [6.07, 6.45) is 3.57. The molecular weight excluding hydrogens is 520 g/mol. The number of para-hydroxylation sites is 3. The van der Waals surface area contributed by atoms with Crippen LogP contribution in [0.5, 0.6) is 0 Å². The minimum atomic E-state index is 0.0538. The lowest BCUT2D eigenvalue weighted by Gasteiger charge is -2.33. The van der Waals surface area contributed by atoms with Crippen LogP contribution in [-0.2, 0) is 7.05 Å². The average molecular weight is 555 g/mol. The lowest BCUT2D eigenvalue weighted by molar-refractivity contribution is 0.0711. The smallest absolute Gasteiger partial charge is 0.256 e. The van der Waals surface area contributed by atoms with E-state index in [-0.39, 0.29) is 17.9 Å². The van der Waals surface area contributed by atoms with Gasteiger partial charge in [0.05, 0.1) is 33.8 Å². The van der Waals surface area contributed by atoms with Gasteiger partial charge < -0.3 is 9.47 Å². The van der Waals surface area contributed by atoms with E-state index in [4.69, 9.17) is 10.1 Å². The van der Waals surface area contributed by atoms with Gasteiger partial charge in [-0.25, -0.2) is 4.98 Å². The first-order valence-corrected chi connectivity index (χ1v) is 14.7. The molecule has 6 aromatic rings. The standard InChI is InChI=1S/C35H34N6O/c1-23-11-4-5-12-26(23)32-27-13-10-14-28(33(27)39(3)38-32)35(42)40-21-18-25(19-22-40)34-37-30-16-6-7-17-31(30)41(34)24(2)29-15-8-9-20-36-29/h4-17,20,24-25H,18-19,21-22H2,1-3H3. The number of nitrogens with zero attached hydrogens (tertiary/aromatic N) is 6. The maximum Gasteiger partial charge on any atom is 0.256 e. The van der Waals surface area contributed by atoms with Crippen LogP contribution >= 0.6 is 0 Å². The lowest BCUT2D eigenvalue weighted by atomic mass is 9.94. The molecule has 0 bridgehead atoms. The molecule has 42 heavy (non-hydrogen) atoms. The Bertz CT molecular complexity index is 1910. The average Bonchev–Trinajstić information content (AvgIpc) is 3.59. The molecule has 1 amide bonds. The Kier molecular flexibility index (Phi) is 6.57. The summed E-state index contributed by atoms with van der Waals surface area (Å²) >= 11 is 0. The molecule has 7 nitrogen and oxygen atoms in total. The molecule has 1 unspecified atom stereocenters. The number of rotatable bonds is 5. The van der Waals surface area contributed by atoms with Crippen molar-refractivity contribution in [2.24, 2.45) is 7.05 Å². The van der Waals surface area contributed by atoms with Crippen molar-refractivity contribution >= 4 is 27.8 Å². The maximum atomic E-state index is 14.0. The fraction of sp³-hybridized carbons (Fsp3) is 0.257. The number of likely N-dealkylation sites (tertiary alicyclic amines) is 1. The second kappa shape index (κ2) is 10.6. The molecule has 1 aliphatic heterocycles. The highest BCUT2D eigenvalue weighted by Gasteiger charge is 2.31. The van der Waals surface area contributed by atoms with Gasteiger partial charge in [-0.15, -0.1) is 0 Å². The lowest BCUT2D eigenvalue weighted by Crippen LogP contribution is -2.38. The highest BCUT2D eigenvalue weighted by Crippen LogP contribution is 2.36. The van der Waals surface area contributed by atoms with E-state index in [9.17, 15) is 4.79 Å². The number of fused-ring (bicyclic) bond motifs is 2. The Morgan fingerprint density at radius 2 is 1.67 bits per heavy atom. The topological polar surface area (TPSA) is 68.8 Å². The van der Waals surface area contributed by atoms with E-state index in [1.54, 1.807) is 0 Å². The number of pyridine rings is 1. The molecule has 210 valence electrons. The predicted molar refractivity (Wildman–Crippen MR) is 167 cm³/mol. The molecule has 7 heteroatoms. The van der Waals surface area contributed by atoms with Crippen molar-refractivity contribution in [3.63, 3.8) is 0 Å². The molecule has 0 saturated carbocycles. The van der Waals surface area contributed by atoms with E-state index < -0.39 is 0 Å². The molecule has 1 saturated heterocycles. The number of benzene rings is 3. The zero-order valence-electron chi connectivity index (χ0n) is 24.2. The van der Waals surface area contributed by atoms with E-state index in [0.717, 1.165) is 57.6 Å². The third kappa shape index (κ3) is 4.36. The van der Waals surface area contributed by atoms with Gasteiger partial charge in [0.2, 0.25) is 0 Å². The number of carbonyl (C=O) groups is 1. The van der Waals surface area contributed by atoms with Crippen LogP contribution in [0.1, 0.15) is 59.2 Å². The first-order valence-electron chi connectivity index (χ1n) is 14.7. The number of carbonyl (C=O) groups excluding carboxylic acids is 1. The van der Waals surface area contributed by atoms with Crippen molar-refractivity contribution in [2.45, 2.75) is 38.6 Å². The first-order chi connectivity index (χ1) is 20.5. The number of hydrogen-bond donors (Lipinski definition) is 0. The number of aryl methyl sites for hydroxylation is 2. The van der Waals surface area contributed by atoms with Crippen LogP contribution in [0.4, 0.5) is 0 Å². The molecule has 1 fully saturated rings. The normalized spacial score (nSPS) is 15.0. The summed E-state index contributed by atoms with van der Waals surface area (Å²) in [6.45, 7) is 5.66. The van der Waals surface area contributed by atoms with E-state index in [1.807, 2.05) is 65.3 Å². The van der Waals surface area contributed by atoms with E-state index in [1.165, 1.54) is 5.56 Å². The maximum absolute atomic E-state index is 14.0. The number of hydrogen-bond acceptors (Lipinski definition) is 4. The second-order valence-electron chi connectivity index (χ2n) is 11.3. The van der Waals surface area contributed by atoms with Crippen LogP contribution in [0.2, 0.25) is 0 Å². The fourth-order valence-electron chi connectivity index (χ4n) is 6.57. The minimum Gasteiger partial charge on any atom is -0.339 e. The van der Waals surface area contributed by atoms with Crippen molar-refractivity contribution in [1.82, 2.24) is 29.2 Å². The quantitative estimate of drug-likeness (QED) is 0.232. The molecule has 0 radical (unpaired) electrons. The number of aromatic nitrogens is 5. The molecular formula is C35H34N6O. The molecule has 1 aliphatic rings. The Morgan fingerprint density at radius 1 is 0.905 bits per heavy atom. The van der Waals surface area contributed by atoms with Crippen molar-refractivity contribution < 1.29 is 4.79 Å². The highest BCUT2D eigenvalue weighted by molar-refractivity contribution is 6.09. The van der Waals surface area contributed by atoms with Gasteiger partial charge in [0, 0.05) is 43.2 Å². The van der Waals surface area contributed by atoms with Gasteiger partial charge in [-0.3, -0.25) is 14.5 Å². The van der Waals surface area contributed by atoms with Crippen LogP contribution in [0, 0.1) is 6.92 Å². The van der Waals surface area contributed by atoms with Crippen LogP contribution in [0.3, 0.4) is 0 Å². The van der Waals surface area contributed by atoms with Gasteiger partial charge in [0.15, 0.2) is 0 Å². The van der Waals surface area contributed by atoms with Crippen LogP contribution in [0.25, 0.3) is 33.2 Å². The largest absolute Gasteiger partial charge is 0.339 e. The van der Waals surface area contributed by atoms with Gasteiger partial charge in [-0.1, -0.05) is 54.6 Å². The molecule has 3 aromatic carbocycles. The summed E-state index contributed by atoms with van der Waals surface area (Å²) in [4.78, 5) is 25.7. The summed E-state index contributed by atoms with van der Waals surface area (Å²) < 4.78 is 4.21. The van der Waals surface area contributed by atoms with E-state index in [0.29, 0.717) is 18.7 Å². The van der Waals surface area contributed by atoms with Gasteiger partial charge in [-0.05, 0) is 62.6 Å². The first kappa shape index (κ1) is 26.1. The van der Waals surface area contributed by atoms with Gasteiger partial charge in [0.25, 0.3) is 5.91 Å². The molecule has 0 N–H and O–H groups in total. The molecule has 3 aromatic heterocycles. The molecule has 0 spiro atoms. The van der Waals surface area contributed by atoms with Crippen molar-refractivity contribution in [2.75, 3.05) is 13.1 Å². The highest BCUT2D eigenvalue weighted by atomic mass is 16.2. The summed E-state index contributed by atoms with van der Waals surface area (Å²) in [6, 6.07) is 28.7. The van der Waals surface area contributed by atoms with Crippen molar-refractivity contribution in [1.29, 1.82) is 0 Å². The van der Waals surface area contributed by atoms with E-state index in [2.05, 4.69) is 65.9 Å². The summed E-state index contributed by atoms with van der Waals surface area (Å²) in [5.41, 5.74) is 7.91. The number of imidazole rings is 1. The van der Waals surface area contributed by atoms with Crippen molar-refractivity contribution in [3.8, 4) is 11.3 Å². The summed E-state index contributed by atoms with van der Waals surface area (Å²) in [5.74, 6) is 1.40. The second-order valence-corrected chi connectivity index (χ2v) is 11.3. The van der Waals surface area contributed by atoms with Crippen molar-refractivity contribution in [3.05, 3.63) is 114 Å². The van der Waals surface area contributed by atoms with Gasteiger partial charge in [0.1, 0.15) is 11.5 Å².